The number of ketones is 1. The van der Waals surface area contributed by atoms with Crippen LogP contribution in [0.2, 0.25) is 0 Å². The van der Waals surface area contributed by atoms with Crippen LogP contribution in [-0.2, 0) is 9.59 Å². The lowest BCUT2D eigenvalue weighted by atomic mass is 10.1. The Morgan fingerprint density at radius 1 is 1.24 bits per heavy atom. The molecule has 6 heteroatoms. The molecular formula is C11H7BrN2O3. The topological polar surface area (TPSA) is 78.8 Å². The van der Waals surface area contributed by atoms with Crippen molar-refractivity contribution >= 4 is 37.8 Å². The van der Waals surface area contributed by atoms with Crippen LogP contribution in [0.4, 0.5) is 0 Å². The number of allylic oxidation sites excluding steroid dienone is 1. The van der Waals surface area contributed by atoms with E-state index in [-0.39, 0.29) is 5.70 Å². The van der Waals surface area contributed by atoms with Gasteiger partial charge in [0.15, 0.2) is 0 Å². The second kappa shape index (κ2) is 4.50. The lowest BCUT2D eigenvalue weighted by Crippen LogP contribution is -2.19. The van der Waals surface area contributed by atoms with Gasteiger partial charge in [-0.25, -0.2) is 0 Å². The van der Waals surface area contributed by atoms with Crippen molar-refractivity contribution in [3.05, 3.63) is 41.6 Å². The van der Waals surface area contributed by atoms with Crippen molar-refractivity contribution in [2.45, 2.75) is 0 Å². The fourth-order valence-electron chi connectivity index (χ4n) is 1.43. The molecule has 0 atom stereocenters. The van der Waals surface area contributed by atoms with Gasteiger partial charge < -0.3 is 10.5 Å². The Hall–Kier alpha value is -1.95. The van der Waals surface area contributed by atoms with E-state index in [0.29, 0.717) is 4.48 Å². The normalized spacial score (nSPS) is 20.6. The van der Waals surface area contributed by atoms with Crippen LogP contribution in [0, 0.1) is 0 Å². The molecule has 1 amide bonds. The minimum absolute atomic E-state index is 0.0778. The van der Waals surface area contributed by atoms with Crippen molar-refractivity contribution in [1.29, 1.82) is 0 Å². The zero-order valence-corrected chi connectivity index (χ0v) is 10.1. The highest BCUT2D eigenvalue weighted by atomic mass is 79.9. The molecule has 1 fully saturated rings. The minimum atomic E-state index is -0.708. The van der Waals surface area contributed by atoms with Crippen LogP contribution >= 0.6 is 15.9 Å². The van der Waals surface area contributed by atoms with Crippen LogP contribution in [0.15, 0.2) is 41.2 Å². The average molecular weight is 295 g/mol. The number of nitrogens with zero attached hydrogens (tertiary/aromatic N) is 1. The first-order valence-corrected chi connectivity index (χ1v) is 5.47. The molecule has 2 N–H and O–H groups in total. The minimum Gasteiger partial charge on any atom is -0.410 e. The number of carbonyl (C=O) groups excluding carboxylic acids is 2. The number of amides is 1. The van der Waals surface area contributed by atoms with Crippen molar-refractivity contribution in [2.75, 3.05) is 0 Å². The third kappa shape index (κ3) is 1.99. The summed E-state index contributed by atoms with van der Waals surface area (Å²) in [6.07, 6.45) is 0. The molecule has 0 saturated carbocycles. The van der Waals surface area contributed by atoms with Gasteiger partial charge >= 0.3 is 0 Å². The largest absolute Gasteiger partial charge is 0.410 e. The smallest absolute Gasteiger partial charge is 0.282 e. The summed E-state index contributed by atoms with van der Waals surface area (Å²) in [6.45, 7) is 0. The number of benzene rings is 1. The first-order valence-electron chi connectivity index (χ1n) is 4.68. The molecule has 1 aromatic rings. The Bertz CT molecular complexity index is 549. The Labute approximate surface area is 105 Å². The van der Waals surface area contributed by atoms with Gasteiger partial charge in [-0.15, -0.1) is 0 Å². The molecule has 0 radical (unpaired) electrons. The summed E-state index contributed by atoms with van der Waals surface area (Å²) in [5, 5.41) is 13.6. The third-order valence-electron chi connectivity index (χ3n) is 2.24. The fraction of sp³-hybridized carbons (Fsp3) is 0. The van der Waals surface area contributed by atoms with Crippen molar-refractivity contribution in [3.63, 3.8) is 0 Å². The van der Waals surface area contributed by atoms with Crippen LogP contribution < -0.4 is 5.32 Å². The number of oxime groups is 1. The zero-order valence-electron chi connectivity index (χ0n) is 8.48. The van der Waals surface area contributed by atoms with E-state index in [9.17, 15) is 9.59 Å². The standard InChI is InChI=1S/C11H7BrN2O3/c12-7(6-4-2-1-3-5-6)8-10(15)9(14-17)11(16)13-8/h1-5,17H,(H,13,16). The molecule has 1 aliphatic heterocycles. The highest BCUT2D eigenvalue weighted by Gasteiger charge is 2.35. The predicted octanol–water partition coefficient (Wildman–Crippen LogP) is 1.28. The van der Waals surface area contributed by atoms with Crippen molar-refractivity contribution in [2.24, 2.45) is 5.16 Å². The van der Waals surface area contributed by atoms with Crippen LogP contribution in [-0.4, -0.2) is 22.6 Å². The Morgan fingerprint density at radius 3 is 2.41 bits per heavy atom. The van der Waals surface area contributed by atoms with E-state index >= 15 is 0 Å². The maximum Gasteiger partial charge on any atom is 0.282 e. The van der Waals surface area contributed by atoms with Crippen molar-refractivity contribution < 1.29 is 14.8 Å². The summed E-state index contributed by atoms with van der Waals surface area (Å²) in [5.41, 5.74) is 0.317. The Kier molecular flexibility index (Phi) is 3.06. The van der Waals surface area contributed by atoms with Gasteiger partial charge in [0, 0.05) is 0 Å². The van der Waals surface area contributed by atoms with E-state index in [0.717, 1.165) is 5.56 Å². The monoisotopic (exact) mass is 294 g/mol. The van der Waals surface area contributed by atoms with Gasteiger partial charge in [0.25, 0.3) is 5.91 Å². The fourth-order valence-corrected chi connectivity index (χ4v) is 1.97. The van der Waals surface area contributed by atoms with E-state index in [4.69, 9.17) is 5.21 Å². The van der Waals surface area contributed by atoms with Gasteiger partial charge in [-0.05, 0) is 21.5 Å². The van der Waals surface area contributed by atoms with Crippen LogP contribution in [0.25, 0.3) is 4.48 Å². The van der Waals surface area contributed by atoms with E-state index in [2.05, 4.69) is 26.4 Å². The number of halogens is 1. The SMILES string of the molecule is O=C1NC(=C(Br)c2ccccc2)C(=O)C1=NO. The number of hydrogen-bond donors (Lipinski definition) is 2. The lowest BCUT2D eigenvalue weighted by molar-refractivity contribution is -0.113. The number of Topliss-reactive ketones (excluding diaryl/α,β-unsaturated/α-hetero) is 1. The molecule has 1 aromatic carbocycles. The summed E-state index contributed by atoms with van der Waals surface area (Å²) in [5.74, 6) is -1.34. The quantitative estimate of drug-likeness (QED) is 0.465. The molecule has 0 bridgehead atoms. The van der Waals surface area contributed by atoms with Crippen LogP contribution in [0.1, 0.15) is 5.56 Å². The molecule has 0 aliphatic carbocycles. The zero-order chi connectivity index (χ0) is 12.4. The average Bonchev–Trinajstić information content (AvgIpc) is 2.64. The van der Waals surface area contributed by atoms with Gasteiger partial charge in [0.1, 0.15) is 5.70 Å². The second-order valence-electron chi connectivity index (χ2n) is 3.29. The number of hydrogen-bond acceptors (Lipinski definition) is 4. The van der Waals surface area contributed by atoms with Gasteiger partial charge in [0.2, 0.25) is 11.5 Å². The molecule has 1 saturated heterocycles. The molecule has 86 valence electrons. The summed E-state index contributed by atoms with van der Waals surface area (Å²) >= 11 is 3.24. The van der Waals surface area contributed by atoms with Gasteiger partial charge in [-0.1, -0.05) is 35.5 Å². The predicted molar refractivity (Wildman–Crippen MR) is 64.7 cm³/mol. The molecule has 1 heterocycles. The molecule has 2 rings (SSSR count). The van der Waals surface area contributed by atoms with Crippen molar-refractivity contribution in [1.82, 2.24) is 5.32 Å². The lowest BCUT2D eigenvalue weighted by Gasteiger charge is -2.02. The second-order valence-corrected chi connectivity index (χ2v) is 4.08. The summed E-state index contributed by atoms with van der Waals surface area (Å²) in [7, 11) is 0. The van der Waals surface area contributed by atoms with Crippen LogP contribution in [0.3, 0.4) is 0 Å². The number of rotatable bonds is 1. The summed E-state index contributed by atoms with van der Waals surface area (Å²) < 4.78 is 0.454. The van der Waals surface area contributed by atoms with E-state index in [1.807, 2.05) is 6.07 Å². The molecule has 17 heavy (non-hydrogen) atoms. The molecule has 5 nitrogen and oxygen atoms in total. The van der Waals surface area contributed by atoms with Crippen molar-refractivity contribution in [3.8, 4) is 0 Å². The van der Waals surface area contributed by atoms with Crippen LogP contribution in [0.5, 0.6) is 0 Å². The number of nitrogens with one attached hydrogen (secondary N) is 1. The Morgan fingerprint density at radius 2 is 1.88 bits per heavy atom. The van der Waals surface area contributed by atoms with E-state index in [1.165, 1.54) is 0 Å². The van der Waals surface area contributed by atoms with E-state index < -0.39 is 17.4 Å². The maximum atomic E-state index is 11.7. The first kappa shape index (κ1) is 11.5. The maximum absolute atomic E-state index is 11.7. The summed E-state index contributed by atoms with van der Waals surface area (Å²) in [4.78, 5) is 23.0. The van der Waals surface area contributed by atoms with E-state index in [1.54, 1.807) is 24.3 Å². The molecule has 1 aliphatic rings. The molecule has 0 aromatic heterocycles. The van der Waals surface area contributed by atoms with Gasteiger partial charge in [-0.3, -0.25) is 9.59 Å². The number of carbonyl (C=O) groups is 2. The molecule has 0 spiro atoms. The highest BCUT2D eigenvalue weighted by molar-refractivity contribution is 9.15. The van der Waals surface area contributed by atoms with Gasteiger partial charge in [-0.2, -0.15) is 0 Å². The van der Waals surface area contributed by atoms with Gasteiger partial charge in [0.05, 0.1) is 4.48 Å². The third-order valence-corrected chi connectivity index (χ3v) is 3.10. The highest BCUT2D eigenvalue weighted by Crippen LogP contribution is 2.26. The molecular weight excluding hydrogens is 288 g/mol. The Balaban J connectivity index is 2.48. The first-order chi connectivity index (χ1) is 8.15. The molecule has 0 unspecified atom stereocenters. The summed E-state index contributed by atoms with van der Waals surface area (Å²) in [6, 6.07) is 9.01.